The van der Waals surface area contributed by atoms with E-state index >= 15 is 0 Å². The van der Waals surface area contributed by atoms with E-state index in [0.29, 0.717) is 19.4 Å². The highest BCUT2D eigenvalue weighted by Crippen LogP contribution is 2.40. The summed E-state index contributed by atoms with van der Waals surface area (Å²) in [4.78, 5) is 16.4. The molecule has 4 nitrogen and oxygen atoms in total. The molecular weight excluding hydrogens is 238 g/mol. The number of carbonyl (C=O) groups excluding carboxylic acids is 1. The predicted octanol–water partition coefficient (Wildman–Crippen LogP) is 2.17. The monoisotopic (exact) mass is 257 g/mol. The highest BCUT2D eigenvalue weighted by Gasteiger charge is 2.44. The van der Waals surface area contributed by atoms with Crippen molar-refractivity contribution in [3.63, 3.8) is 0 Å². The van der Waals surface area contributed by atoms with Crippen molar-refractivity contribution in [3.8, 4) is 6.07 Å². The molecule has 0 aliphatic heterocycles. The van der Waals surface area contributed by atoms with Crippen molar-refractivity contribution in [1.29, 1.82) is 5.26 Å². The molecule has 1 aromatic heterocycles. The molecule has 1 aliphatic rings. The average molecular weight is 257 g/mol. The Hall–Kier alpha value is -1.89. The zero-order valence-electron chi connectivity index (χ0n) is 11.4. The lowest BCUT2D eigenvalue weighted by Gasteiger charge is -2.34. The molecule has 1 saturated carbocycles. The number of nitriles is 1. The van der Waals surface area contributed by atoms with Gasteiger partial charge in [0, 0.05) is 23.9 Å². The molecular formula is C15H19N3O. The highest BCUT2D eigenvalue weighted by atomic mass is 16.2. The molecule has 0 bridgehead atoms. The minimum absolute atomic E-state index is 0.134. The Bertz CT molecular complexity index is 498. The number of pyridine rings is 1. The van der Waals surface area contributed by atoms with E-state index in [2.05, 4.69) is 16.4 Å². The van der Waals surface area contributed by atoms with Crippen molar-refractivity contribution in [1.82, 2.24) is 10.3 Å². The van der Waals surface area contributed by atoms with Gasteiger partial charge in [0.05, 0.1) is 6.07 Å². The van der Waals surface area contributed by atoms with E-state index in [4.69, 9.17) is 5.26 Å². The van der Waals surface area contributed by atoms with Gasteiger partial charge >= 0.3 is 0 Å². The van der Waals surface area contributed by atoms with Gasteiger partial charge in [-0.3, -0.25) is 9.78 Å². The first-order valence-electron chi connectivity index (χ1n) is 6.61. The average Bonchev–Trinajstić information content (AvgIpc) is 2.37. The molecule has 0 atom stereocenters. The zero-order valence-corrected chi connectivity index (χ0v) is 11.4. The maximum absolute atomic E-state index is 12.1. The summed E-state index contributed by atoms with van der Waals surface area (Å²) in [6.07, 6.45) is 4.07. The van der Waals surface area contributed by atoms with Gasteiger partial charge in [-0.15, -0.1) is 0 Å². The van der Waals surface area contributed by atoms with Crippen LogP contribution in [0, 0.1) is 16.7 Å². The second-order valence-electron chi connectivity index (χ2n) is 5.83. The van der Waals surface area contributed by atoms with Crippen LogP contribution in [0.4, 0.5) is 0 Å². The Labute approximate surface area is 113 Å². The standard InChI is InChI=1S/C15H19N3O/c1-14(2,12-6-3-4-9-17-12)11-18-13(19)15(10-16)7-5-8-15/h3-4,6,9H,5,7-8,11H2,1-2H3,(H,18,19). The number of hydrogen-bond donors (Lipinski definition) is 1. The number of amides is 1. The Morgan fingerprint density at radius 2 is 2.26 bits per heavy atom. The number of hydrogen-bond acceptors (Lipinski definition) is 3. The number of carbonyl (C=O) groups is 1. The topological polar surface area (TPSA) is 65.8 Å². The minimum atomic E-state index is -0.778. The Morgan fingerprint density at radius 1 is 1.53 bits per heavy atom. The van der Waals surface area contributed by atoms with Crippen molar-refractivity contribution >= 4 is 5.91 Å². The first kappa shape index (κ1) is 13.5. The van der Waals surface area contributed by atoms with Crippen LogP contribution in [0.1, 0.15) is 38.8 Å². The van der Waals surface area contributed by atoms with E-state index in [1.54, 1.807) is 6.20 Å². The number of rotatable bonds is 4. The second kappa shape index (κ2) is 5.00. The summed E-state index contributed by atoms with van der Waals surface area (Å²) in [6, 6.07) is 7.93. The predicted molar refractivity (Wildman–Crippen MR) is 72.2 cm³/mol. The van der Waals surface area contributed by atoms with Crippen LogP contribution >= 0.6 is 0 Å². The van der Waals surface area contributed by atoms with Gasteiger partial charge in [-0.1, -0.05) is 19.9 Å². The van der Waals surface area contributed by atoms with Gasteiger partial charge in [0.25, 0.3) is 0 Å². The molecule has 2 rings (SSSR count). The third kappa shape index (κ3) is 2.60. The van der Waals surface area contributed by atoms with E-state index in [1.165, 1.54) is 0 Å². The molecule has 1 aliphatic carbocycles. The van der Waals surface area contributed by atoms with E-state index in [-0.39, 0.29) is 11.3 Å². The lowest BCUT2D eigenvalue weighted by Crippen LogP contribution is -2.48. The van der Waals surface area contributed by atoms with Gasteiger partial charge in [-0.25, -0.2) is 0 Å². The maximum atomic E-state index is 12.1. The summed E-state index contributed by atoms with van der Waals surface area (Å²) in [5, 5.41) is 12.0. The minimum Gasteiger partial charge on any atom is -0.354 e. The van der Waals surface area contributed by atoms with E-state index < -0.39 is 5.41 Å². The molecule has 1 aromatic rings. The van der Waals surface area contributed by atoms with Crippen molar-refractivity contribution in [2.24, 2.45) is 5.41 Å². The van der Waals surface area contributed by atoms with Crippen LogP contribution in [-0.4, -0.2) is 17.4 Å². The summed E-state index contributed by atoms with van der Waals surface area (Å²) >= 11 is 0. The molecule has 0 spiro atoms. The van der Waals surface area contributed by atoms with Crippen LogP contribution in [0.5, 0.6) is 0 Å². The summed E-state index contributed by atoms with van der Waals surface area (Å²) in [7, 11) is 0. The molecule has 1 heterocycles. The number of aromatic nitrogens is 1. The maximum Gasteiger partial charge on any atom is 0.240 e. The van der Waals surface area contributed by atoms with Crippen molar-refractivity contribution < 1.29 is 4.79 Å². The highest BCUT2D eigenvalue weighted by molar-refractivity contribution is 5.86. The van der Waals surface area contributed by atoms with Gasteiger partial charge in [-0.05, 0) is 31.4 Å². The third-order valence-corrected chi connectivity index (χ3v) is 3.90. The normalized spacial score (nSPS) is 17.1. The lowest BCUT2D eigenvalue weighted by atomic mass is 9.69. The Morgan fingerprint density at radius 3 is 2.74 bits per heavy atom. The van der Waals surface area contributed by atoms with Crippen molar-refractivity contribution in [2.75, 3.05) is 6.54 Å². The molecule has 19 heavy (non-hydrogen) atoms. The lowest BCUT2D eigenvalue weighted by molar-refractivity contribution is -0.132. The van der Waals surface area contributed by atoms with Crippen LogP contribution in [-0.2, 0) is 10.2 Å². The summed E-state index contributed by atoms with van der Waals surface area (Å²) < 4.78 is 0. The molecule has 1 amide bonds. The molecule has 0 aromatic carbocycles. The van der Waals surface area contributed by atoms with Gasteiger partial charge in [0.15, 0.2) is 0 Å². The molecule has 0 radical (unpaired) electrons. The molecule has 1 fully saturated rings. The first-order chi connectivity index (χ1) is 9.00. The quantitative estimate of drug-likeness (QED) is 0.899. The zero-order chi connectivity index (χ0) is 13.9. The summed E-state index contributed by atoms with van der Waals surface area (Å²) in [5.74, 6) is -0.134. The molecule has 0 unspecified atom stereocenters. The van der Waals surface area contributed by atoms with Gasteiger partial charge in [0.1, 0.15) is 5.41 Å². The first-order valence-corrected chi connectivity index (χ1v) is 6.61. The molecule has 0 saturated heterocycles. The SMILES string of the molecule is CC(C)(CNC(=O)C1(C#N)CCC1)c1ccccn1. The van der Waals surface area contributed by atoms with Gasteiger partial charge < -0.3 is 5.32 Å². The number of nitrogens with zero attached hydrogens (tertiary/aromatic N) is 2. The third-order valence-electron chi connectivity index (χ3n) is 3.90. The largest absolute Gasteiger partial charge is 0.354 e. The fraction of sp³-hybridized carbons (Fsp3) is 0.533. The van der Waals surface area contributed by atoms with E-state index in [1.807, 2.05) is 32.0 Å². The van der Waals surface area contributed by atoms with Crippen LogP contribution in [0.15, 0.2) is 24.4 Å². The summed E-state index contributed by atoms with van der Waals surface area (Å²) in [6.45, 7) is 4.57. The van der Waals surface area contributed by atoms with Gasteiger partial charge in [0.2, 0.25) is 5.91 Å². The van der Waals surface area contributed by atoms with Gasteiger partial charge in [-0.2, -0.15) is 5.26 Å². The Balaban J connectivity index is 1.99. The second-order valence-corrected chi connectivity index (χ2v) is 5.83. The van der Waals surface area contributed by atoms with Crippen molar-refractivity contribution in [2.45, 2.75) is 38.5 Å². The van der Waals surface area contributed by atoms with Crippen LogP contribution in [0.3, 0.4) is 0 Å². The molecule has 100 valence electrons. The summed E-state index contributed by atoms with van der Waals surface area (Å²) in [5.41, 5.74) is -0.0766. The van der Waals surface area contributed by atoms with Crippen LogP contribution in [0.2, 0.25) is 0 Å². The molecule has 4 heteroatoms. The fourth-order valence-corrected chi connectivity index (χ4v) is 2.24. The van der Waals surface area contributed by atoms with E-state index in [9.17, 15) is 4.79 Å². The van der Waals surface area contributed by atoms with Crippen LogP contribution < -0.4 is 5.32 Å². The fourth-order valence-electron chi connectivity index (χ4n) is 2.24. The smallest absolute Gasteiger partial charge is 0.240 e. The van der Waals surface area contributed by atoms with Crippen molar-refractivity contribution in [3.05, 3.63) is 30.1 Å². The number of nitrogens with one attached hydrogen (secondary N) is 1. The van der Waals surface area contributed by atoms with E-state index in [0.717, 1.165) is 12.1 Å². The molecule has 1 N–H and O–H groups in total. The Kier molecular flexibility index (Phi) is 3.57. The van der Waals surface area contributed by atoms with Crippen LogP contribution in [0.25, 0.3) is 0 Å².